The maximum atomic E-state index is 7.23. The number of rotatable bonds is 6. The predicted octanol–water partition coefficient (Wildman–Crippen LogP) is 16.5. The Morgan fingerprint density at radius 3 is 1.58 bits per heavy atom. The molecule has 11 aromatic rings. The molecule has 0 unspecified atom stereocenters. The molecule has 13 rings (SSSR count). The number of benzene rings is 10. The highest BCUT2D eigenvalue weighted by atomic mass is 16.3. The summed E-state index contributed by atoms with van der Waals surface area (Å²) in [5.74, 6) is 0. The van der Waals surface area contributed by atoms with Crippen molar-refractivity contribution < 1.29 is 4.42 Å². The van der Waals surface area contributed by atoms with E-state index in [1.165, 1.54) is 55.9 Å². The average molecular weight is 817 g/mol. The lowest BCUT2D eigenvalue weighted by Gasteiger charge is -2.45. The molecule has 64 heavy (non-hydrogen) atoms. The smallest absolute Gasteiger partial charge is 0.159 e. The van der Waals surface area contributed by atoms with Gasteiger partial charge in [0, 0.05) is 33.4 Å². The zero-order chi connectivity index (χ0) is 42.2. The van der Waals surface area contributed by atoms with Crippen LogP contribution in [0.2, 0.25) is 0 Å². The number of anilines is 6. The van der Waals surface area contributed by atoms with Crippen molar-refractivity contribution in [2.75, 3.05) is 9.80 Å². The molecule has 0 N–H and O–H groups in total. The van der Waals surface area contributed by atoms with E-state index in [0.29, 0.717) is 0 Å². The van der Waals surface area contributed by atoms with E-state index in [9.17, 15) is 0 Å². The molecule has 2 heterocycles. The van der Waals surface area contributed by atoms with E-state index in [2.05, 4.69) is 252 Å². The fourth-order valence-electron chi connectivity index (χ4n) is 10.8. The average Bonchev–Trinajstić information content (AvgIpc) is 3.90. The van der Waals surface area contributed by atoms with Crippen molar-refractivity contribution in [3.8, 4) is 33.4 Å². The van der Waals surface area contributed by atoms with E-state index in [1.54, 1.807) is 0 Å². The van der Waals surface area contributed by atoms with Gasteiger partial charge in [-0.25, -0.2) is 0 Å². The molecule has 3 heteroatoms. The highest BCUT2D eigenvalue weighted by molar-refractivity contribution is 6.14. The maximum Gasteiger partial charge on any atom is 0.159 e. The third-order valence-electron chi connectivity index (χ3n) is 13.5. The summed E-state index contributed by atoms with van der Waals surface area (Å²) in [5.41, 5.74) is 20.0. The minimum atomic E-state index is -0.554. The molecule has 1 spiro atoms. The number of para-hydroxylation sites is 6. The number of nitrogens with zero attached hydrogens (tertiary/aromatic N) is 2. The van der Waals surface area contributed by atoms with Crippen LogP contribution in [0.5, 0.6) is 0 Å². The summed E-state index contributed by atoms with van der Waals surface area (Å²) in [6, 6.07) is 87.9. The molecule has 0 amide bonds. The van der Waals surface area contributed by atoms with Crippen molar-refractivity contribution in [3.05, 3.63) is 265 Å². The van der Waals surface area contributed by atoms with Gasteiger partial charge in [0.1, 0.15) is 5.58 Å². The van der Waals surface area contributed by atoms with Gasteiger partial charge in [0.05, 0.1) is 22.5 Å². The van der Waals surface area contributed by atoms with Crippen LogP contribution in [-0.4, -0.2) is 0 Å². The first-order chi connectivity index (χ1) is 31.8. The molecule has 3 nitrogen and oxygen atoms in total. The Kier molecular flexibility index (Phi) is 8.13. The summed E-state index contributed by atoms with van der Waals surface area (Å²) in [4.78, 5) is 4.75. The van der Waals surface area contributed by atoms with Crippen LogP contribution in [0, 0.1) is 0 Å². The lowest BCUT2D eigenvalue weighted by Crippen LogP contribution is -2.36. The lowest BCUT2D eigenvalue weighted by atomic mass is 9.64. The Bertz CT molecular complexity index is 3510. The molecular weight excluding hydrogens is 777 g/mol. The Labute approximate surface area is 372 Å². The molecule has 0 radical (unpaired) electrons. The van der Waals surface area contributed by atoms with Crippen LogP contribution >= 0.6 is 0 Å². The third-order valence-corrected chi connectivity index (χ3v) is 13.5. The van der Waals surface area contributed by atoms with E-state index >= 15 is 0 Å². The van der Waals surface area contributed by atoms with E-state index in [4.69, 9.17) is 4.42 Å². The van der Waals surface area contributed by atoms with Gasteiger partial charge in [-0.15, -0.1) is 0 Å². The van der Waals surface area contributed by atoms with Gasteiger partial charge >= 0.3 is 0 Å². The monoisotopic (exact) mass is 816 g/mol. The van der Waals surface area contributed by atoms with Crippen LogP contribution in [0.1, 0.15) is 22.3 Å². The second kappa shape index (κ2) is 14.3. The minimum Gasteiger partial charge on any atom is -0.453 e. The first kappa shape index (κ1) is 36.3. The van der Waals surface area contributed by atoms with Gasteiger partial charge < -0.3 is 14.2 Å². The molecule has 0 saturated carbocycles. The summed E-state index contributed by atoms with van der Waals surface area (Å²) in [6.07, 6.45) is 0. The molecule has 0 atom stereocenters. The molecule has 1 aliphatic heterocycles. The van der Waals surface area contributed by atoms with Crippen LogP contribution in [0.3, 0.4) is 0 Å². The van der Waals surface area contributed by atoms with Crippen molar-refractivity contribution in [1.82, 2.24) is 0 Å². The van der Waals surface area contributed by atoms with E-state index in [1.807, 2.05) is 0 Å². The van der Waals surface area contributed by atoms with Gasteiger partial charge in [-0.1, -0.05) is 182 Å². The number of hydrogen-bond donors (Lipinski definition) is 0. The van der Waals surface area contributed by atoms with Crippen LogP contribution < -0.4 is 9.80 Å². The minimum absolute atomic E-state index is 0.554. The number of hydrogen-bond acceptors (Lipinski definition) is 3. The molecule has 0 bridgehead atoms. The van der Waals surface area contributed by atoms with Crippen LogP contribution in [0.15, 0.2) is 247 Å². The third kappa shape index (κ3) is 5.28. The van der Waals surface area contributed by atoms with Crippen molar-refractivity contribution in [2.45, 2.75) is 5.41 Å². The fraction of sp³-hybridized carbons (Fsp3) is 0.0164. The Hall–Kier alpha value is -8.40. The zero-order valence-electron chi connectivity index (χ0n) is 34.9. The molecule has 0 fully saturated rings. The molecule has 300 valence electrons. The zero-order valence-corrected chi connectivity index (χ0v) is 34.9. The highest BCUT2D eigenvalue weighted by Crippen LogP contribution is 2.63. The van der Waals surface area contributed by atoms with Gasteiger partial charge in [-0.05, 0) is 111 Å². The molecule has 1 aliphatic carbocycles. The van der Waals surface area contributed by atoms with Crippen molar-refractivity contribution in [2.24, 2.45) is 0 Å². The Morgan fingerprint density at radius 2 is 0.859 bits per heavy atom. The van der Waals surface area contributed by atoms with Gasteiger partial charge in [0.25, 0.3) is 0 Å². The Balaban J connectivity index is 1.01. The quantitative estimate of drug-likeness (QED) is 0.167. The number of fused-ring (bicyclic) bond motifs is 12. The van der Waals surface area contributed by atoms with Gasteiger partial charge in [-0.2, -0.15) is 0 Å². The number of furan rings is 1. The SMILES string of the molecule is c1ccc(-c2ccc(N(c3ccccc3)c3cccc4c3oc3c(-c5ccc6c(c5)C5(c7ccccc7-6)c6ccccc6N(c6ccccc6)c6ccccc65)cccc34)cc2)cc1. The van der Waals surface area contributed by atoms with Crippen LogP contribution in [-0.2, 0) is 5.41 Å². The molecule has 0 saturated heterocycles. The van der Waals surface area contributed by atoms with Gasteiger partial charge in [0.2, 0.25) is 0 Å². The maximum absolute atomic E-state index is 7.23. The topological polar surface area (TPSA) is 19.6 Å². The van der Waals surface area contributed by atoms with Crippen LogP contribution in [0.25, 0.3) is 55.3 Å². The normalized spacial score (nSPS) is 13.1. The first-order valence-electron chi connectivity index (χ1n) is 22.0. The Morgan fingerprint density at radius 1 is 0.344 bits per heavy atom. The van der Waals surface area contributed by atoms with E-state index in [0.717, 1.165) is 55.8 Å². The molecule has 2 aliphatic rings. The van der Waals surface area contributed by atoms with Crippen molar-refractivity contribution in [1.29, 1.82) is 0 Å². The summed E-state index contributed by atoms with van der Waals surface area (Å²) in [5, 5.41) is 2.17. The van der Waals surface area contributed by atoms with Gasteiger partial charge in [0.15, 0.2) is 5.58 Å². The summed E-state index contributed by atoms with van der Waals surface area (Å²) < 4.78 is 7.23. The molecule has 1 aromatic heterocycles. The van der Waals surface area contributed by atoms with Crippen molar-refractivity contribution in [3.63, 3.8) is 0 Å². The van der Waals surface area contributed by atoms with E-state index in [-0.39, 0.29) is 0 Å². The van der Waals surface area contributed by atoms with E-state index < -0.39 is 5.41 Å². The lowest BCUT2D eigenvalue weighted by molar-refractivity contribution is 0.670. The fourth-order valence-corrected chi connectivity index (χ4v) is 10.8. The summed E-state index contributed by atoms with van der Waals surface area (Å²) in [7, 11) is 0. The standard InChI is InChI=1S/C61H40N2O/c1-4-18-41(19-5-1)42-34-37-46(38-35-42)62(44-20-6-2-7-21-44)58-33-17-27-51-50-26-16-25-47(59(50)64-60(51)58)43-36-39-49-48-24-10-11-28-52(48)61(55(49)40-43)53-29-12-14-31-56(53)63(45-22-8-3-9-23-45)57-32-15-13-30-54(57)61/h1-40H. The highest BCUT2D eigenvalue weighted by Gasteiger charge is 2.51. The second-order valence-corrected chi connectivity index (χ2v) is 16.8. The summed E-state index contributed by atoms with van der Waals surface area (Å²) in [6.45, 7) is 0. The summed E-state index contributed by atoms with van der Waals surface area (Å²) >= 11 is 0. The first-order valence-corrected chi connectivity index (χ1v) is 22.0. The molecular formula is C61H40N2O. The molecule has 10 aromatic carbocycles. The predicted molar refractivity (Wildman–Crippen MR) is 265 cm³/mol. The second-order valence-electron chi connectivity index (χ2n) is 16.8. The van der Waals surface area contributed by atoms with Crippen molar-refractivity contribution >= 4 is 56.1 Å². The van der Waals surface area contributed by atoms with Gasteiger partial charge in [-0.3, -0.25) is 0 Å². The van der Waals surface area contributed by atoms with Crippen LogP contribution in [0.4, 0.5) is 34.1 Å². The largest absolute Gasteiger partial charge is 0.453 e.